The Kier molecular flexibility index (Phi) is 4.56. The molecule has 0 aliphatic rings. The third-order valence-corrected chi connectivity index (χ3v) is 3.20. The first-order valence-corrected chi connectivity index (χ1v) is 6.72. The predicted molar refractivity (Wildman–Crippen MR) is 78.8 cm³/mol. The molecule has 0 spiro atoms. The smallest absolute Gasteiger partial charge is 0.123 e. The highest BCUT2D eigenvalue weighted by molar-refractivity contribution is 6.33. The standard InChI is InChI=1S/C16H17ClFN/c1-11(2)19-10-12-6-7-15(16(17)8-12)13-4-3-5-14(18)9-13/h3-9,11,19H,10H2,1-2H3. The van der Waals surface area contributed by atoms with Crippen molar-refractivity contribution in [3.8, 4) is 11.1 Å². The van der Waals surface area contributed by atoms with Crippen LogP contribution >= 0.6 is 11.6 Å². The molecular weight excluding hydrogens is 261 g/mol. The van der Waals surface area contributed by atoms with Gasteiger partial charge in [-0.05, 0) is 29.3 Å². The SMILES string of the molecule is CC(C)NCc1ccc(-c2cccc(F)c2)c(Cl)c1. The molecule has 19 heavy (non-hydrogen) atoms. The van der Waals surface area contributed by atoms with Crippen molar-refractivity contribution >= 4 is 11.6 Å². The van der Waals surface area contributed by atoms with Crippen LogP contribution < -0.4 is 5.32 Å². The van der Waals surface area contributed by atoms with Gasteiger partial charge in [0.25, 0.3) is 0 Å². The van der Waals surface area contributed by atoms with Gasteiger partial charge < -0.3 is 5.32 Å². The Morgan fingerprint density at radius 2 is 1.95 bits per heavy atom. The van der Waals surface area contributed by atoms with E-state index in [0.29, 0.717) is 11.1 Å². The molecule has 0 aliphatic carbocycles. The van der Waals surface area contributed by atoms with E-state index >= 15 is 0 Å². The van der Waals surface area contributed by atoms with Crippen LogP contribution in [0.25, 0.3) is 11.1 Å². The molecule has 0 atom stereocenters. The van der Waals surface area contributed by atoms with Crippen LogP contribution in [0.2, 0.25) is 5.02 Å². The molecule has 0 heterocycles. The van der Waals surface area contributed by atoms with Crippen molar-refractivity contribution < 1.29 is 4.39 Å². The van der Waals surface area contributed by atoms with E-state index < -0.39 is 0 Å². The van der Waals surface area contributed by atoms with Crippen LogP contribution in [0.3, 0.4) is 0 Å². The Morgan fingerprint density at radius 3 is 2.58 bits per heavy atom. The summed E-state index contributed by atoms with van der Waals surface area (Å²) in [5, 5.41) is 3.99. The molecule has 1 N–H and O–H groups in total. The number of benzene rings is 2. The van der Waals surface area contributed by atoms with Crippen molar-refractivity contribution in [1.29, 1.82) is 0 Å². The molecule has 0 bridgehead atoms. The lowest BCUT2D eigenvalue weighted by molar-refractivity contribution is 0.589. The van der Waals surface area contributed by atoms with Crippen molar-refractivity contribution in [2.24, 2.45) is 0 Å². The first-order valence-electron chi connectivity index (χ1n) is 6.34. The Morgan fingerprint density at radius 1 is 1.16 bits per heavy atom. The van der Waals surface area contributed by atoms with E-state index in [1.165, 1.54) is 12.1 Å². The van der Waals surface area contributed by atoms with Crippen molar-refractivity contribution in [2.45, 2.75) is 26.4 Å². The summed E-state index contributed by atoms with van der Waals surface area (Å²) in [6.07, 6.45) is 0. The molecule has 100 valence electrons. The summed E-state index contributed by atoms with van der Waals surface area (Å²) in [7, 11) is 0. The fourth-order valence-corrected chi connectivity index (χ4v) is 2.19. The summed E-state index contributed by atoms with van der Waals surface area (Å²) in [6, 6.07) is 12.8. The average Bonchev–Trinajstić information content (AvgIpc) is 2.36. The number of hydrogen-bond donors (Lipinski definition) is 1. The van der Waals surface area contributed by atoms with Crippen molar-refractivity contribution in [3.05, 3.63) is 58.9 Å². The molecule has 2 aromatic carbocycles. The summed E-state index contributed by atoms with van der Waals surface area (Å²) in [4.78, 5) is 0. The molecular formula is C16H17ClFN. The zero-order valence-electron chi connectivity index (χ0n) is 11.1. The highest BCUT2D eigenvalue weighted by Gasteiger charge is 2.06. The fraction of sp³-hybridized carbons (Fsp3) is 0.250. The van der Waals surface area contributed by atoms with E-state index in [4.69, 9.17) is 11.6 Å². The van der Waals surface area contributed by atoms with Gasteiger partial charge in [0.15, 0.2) is 0 Å². The monoisotopic (exact) mass is 277 g/mol. The molecule has 0 saturated heterocycles. The van der Waals surface area contributed by atoms with Crippen molar-refractivity contribution in [1.82, 2.24) is 5.32 Å². The van der Waals surface area contributed by atoms with Gasteiger partial charge in [-0.2, -0.15) is 0 Å². The normalized spacial score (nSPS) is 11.0. The van der Waals surface area contributed by atoms with E-state index in [1.807, 2.05) is 24.3 Å². The summed E-state index contributed by atoms with van der Waals surface area (Å²) in [5.74, 6) is -0.251. The summed E-state index contributed by atoms with van der Waals surface area (Å²) in [6.45, 7) is 4.98. The van der Waals surface area contributed by atoms with Gasteiger partial charge in [0.05, 0.1) is 0 Å². The van der Waals surface area contributed by atoms with Gasteiger partial charge in [-0.15, -0.1) is 0 Å². The molecule has 0 aromatic heterocycles. The number of nitrogens with one attached hydrogen (secondary N) is 1. The second-order valence-electron chi connectivity index (χ2n) is 4.86. The fourth-order valence-electron chi connectivity index (χ4n) is 1.88. The maximum atomic E-state index is 13.2. The van der Waals surface area contributed by atoms with E-state index in [0.717, 1.165) is 23.2 Å². The summed E-state index contributed by atoms with van der Waals surface area (Å²) < 4.78 is 13.2. The van der Waals surface area contributed by atoms with Gasteiger partial charge in [0.1, 0.15) is 5.82 Å². The van der Waals surface area contributed by atoms with Crippen LogP contribution in [0.5, 0.6) is 0 Å². The van der Waals surface area contributed by atoms with Crippen LogP contribution in [0.15, 0.2) is 42.5 Å². The van der Waals surface area contributed by atoms with E-state index in [2.05, 4.69) is 19.2 Å². The minimum absolute atomic E-state index is 0.251. The minimum atomic E-state index is -0.251. The number of halogens is 2. The van der Waals surface area contributed by atoms with E-state index in [1.54, 1.807) is 6.07 Å². The summed E-state index contributed by atoms with van der Waals surface area (Å²) >= 11 is 6.28. The van der Waals surface area contributed by atoms with Gasteiger partial charge >= 0.3 is 0 Å². The van der Waals surface area contributed by atoms with E-state index in [-0.39, 0.29) is 5.82 Å². The zero-order chi connectivity index (χ0) is 13.8. The quantitative estimate of drug-likeness (QED) is 0.858. The highest BCUT2D eigenvalue weighted by Crippen LogP contribution is 2.29. The topological polar surface area (TPSA) is 12.0 Å². The van der Waals surface area contributed by atoms with E-state index in [9.17, 15) is 4.39 Å². The minimum Gasteiger partial charge on any atom is -0.310 e. The average molecular weight is 278 g/mol. The van der Waals surface area contributed by atoms with Crippen molar-refractivity contribution in [3.63, 3.8) is 0 Å². The second-order valence-corrected chi connectivity index (χ2v) is 5.27. The van der Waals surface area contributed by atoms with Gasteiger partial charge in [-0.3, -0.25) is 0 Å². The Bertz CT molecular complexity index is 566. The molecule has 0 fully saturated rings. The lowest BCUT2D eigenvalue weighted by Crippen LogP contribution is -2.21. The predicted octanol–water partition coefficient (Wildman–Crippen LogP) is 4.64. The van der Waals surface area contributed by atoms with Crippen molar-refractivity contribution in [2.75, 3.05) is 0 Å². The first-order chi connectivity index (χ1) is 9.06. The highest BCUT2D eigenvalue weighted by atomic mass is 35.5. The van der Waals surface area contributed by atoms with Gasteiger partial charge in [-0.1, -0.05) is 49.7 Å². The van der Waals surface area contributed by atoms with Crippen LogP contribution in [0, 0.1) is 5.82 Å². The first kappa shape index (κ1) is 14.0. The molecule has 2 aromatic rings. The lowest BCUT2D eigenvalue weighted by Gasteiger charge is -2.10. The molecule has 2 rings (SSSR count). The zero-order valence-corrected chi connectivity index (χ0v) is 11.8. The molecule has 0 unspecified atom stereocenters. The third kappa shape index (κ3) is 3.79. The maximum absolute atomic E-state index is 13.2. The maximum Gasteiger partial charge on any atom is 0.123 e. The Labute approximate surface area is 118 Å². The number of rotatable bonds is 4. The Balaban J connectivity index is 2.24. The second kappa shape index (κ2) is 6.18. The van der Waals surface area contributed by atoms with Gasteiger partial charge in [0, 0.05) is 23.2 Å². The molecule has 0 amide bonds. The van der Waals surface area contributed by atoms with Crippen LogP contribution in [0.1, 0.15) is 19.4 Å². The van der Waals surface area contributed by atoms with Crippen LogP contribution in [-0.4, -0.2) is 6.04 Å². The van der Waals surface area contributed by atoms with Gasteiger partial charge in [0.2, 0.25) is 0 Å². The number of hydrogen-bond acceptors (Lipinski definition) is 1. The molecule has 3 heteroatoms. The van der Waals surface area contributed by atoms with Crippen LogP contribution in [0.4, 0.5) is 4.39 Å². The lowest BCUT2D eigenvalue weighted by atomic mass is 10.0. The largest absolute Gasteiger partial charge is 0.310 e. The molecule has 0 aliphatic heterocycles. The third-order valence-electron chi connectivity index (χ3n) is 2.88. The summed E-state index contributed by atoms with van der Waals surface area (Å²) in [5.41, 5.74) is 2.78. The Hall–Kier alpha value is -1.38. The molecule has 1 nitrogen and oxygen atoms in total. The van der Waals surface area contributed by atoms with Crippen LogP contribution in [-0.2, 0) is 6.54 Å². The van der Waals surface area contributed by atoms with Gasteiger partial charge in [-0.25, -0.2) is 4.39 Å². The molecule has 0 saturated carbocycles. The molecule has 0 radical (unpaired) electrons.